The van der Waals surface area contributed by atoms with Crippen molar-refractivity contribution in [2.45, 2.75) is 43.8 Å². The third-order valence-electron chi connectivity index (χ3n) is 5.77. The Balaban J connectivity index is 1.63. The van der Waals surface area contributed by atoms with E-state index in [1.807, 2.05) is 41.0 Å². The number of nitrogens with zero attached hydrogens (tertiary/aromatic N) is 3. The fraction of sp³-hybridized carbons (Fsp3) is 0.391. The Morgan fingerprint density at radius 1 is 1.06 bits per heavy atom. The van der Waals surface area contributed by atoms with Gasteiger partial charge in [-0.1, -0.05) is 48.7 Å². The predicted molar refractivity (Wildman–Crippen MR) is 122 cm³/mol. The fourth-order valence-electron chi connectivity index (χ4n) is 4.14. The molecule has 0 saturated heterocycles. The van der Waals surface area contributed by atoms with Gasteiger partial charge in [0, 0.05) is 10.9 Å². The standard InChI is InChI=1S/C23H26ClN3O3S/c1-30-21-9-5-4-8-20(21)27-22(25-26-23(27)18-6-2-3-7-18)16-31(28,29)15-14-17-10-12-19(24)13-11-17/h4-5,8-13,18H,2-3,6-7,14-16H2,1H3. The van der Waals surface area contributed by atoms with Crippen molar-refractivity contribution in [3.05, 3.63) is 70.8 Å². The number of hydrogen-bond acceptors (Lipinski definition) is 5. The lowest BCUT2D eigenvalue weighted by Gasteiger charge is -2.16. The molecule has 6 nitrogen and oxygen atoms in total. The number of rotatable bonds is 8. The molecular formula is C23H26ClN3O3S. The number of aryl methyl sites for hydroxylation is 1. The molecule has 8 heteroatoms. The van der Waals surface area contributed by atoms with Crippen molar-refractivity contribution < 1.29 is 13.2 Å². The SMILES string of the molecule is COc1ccccc1-n1c(CS(=O)(=O)CCc2ccc(Cl)cc2)nnc1C1CCCC1. The number of methoxy groups -OCH3 is 1. The van der Waals surface area contributed by atoms with Crippen LogP contribution in [0.4, 0.5) is 0 Å². The molecule has 0 radical (unpaired) electrons. The summed E-state index contributed by atoms with van der Waals surface area (Å²) in [5.74, 6) is 2.07. The van der Waals surface area contributed by atoms with Gasteiger partial charge in [-0.05, 0) is 49.1 Å². The van der Waals surface area contributed by atoms with E-state index < -0.39 is 9.84 Å². The van der Waals surface area contributed by atoms with Crippen LogP contribution in [-0.4, -0.2) is 36.0 Å². The molecule has 1 saturated carbocycles. The summed E-state index contributed by atoms with van der Waals surface area (Å²) in [4.78, 5) is 0. The molecule has 164 valence electrons. The van der Waals surface area contributed by atoms with Crippen LogP contribution in [0.15, 0.2) is 48.5 Å². The van der Waals surface area contributed by atoms with Gasteiger partial charge in [0.05, 0.1) is 18.6 Å². The second-order valence-corrected chi connectivity index (χ2v) is 10.6. The molecule has 0 atom stereocenters. The first-order valence-corrected chi connectivity index (χ1v) is 12.7. The molecule has 2 aromatic carbocycles. The topological polar surface area (TPSA) is 74.1 Å². The van der Waals surface area contributed by atoms with Crippen molar-refractivity contribution in [2.75, 3.05) is 12.9 Å². The second kappa shape index (κ2) is 9.40. The molecule has 3 aromatic rings. The highest BCUT2D eigenvalue weighted by atomic mass is 35.5. The summed E-state index contributed by atoms with van der Waals surface area (Å²) in [7, 11) is -1.79. The van der Waals surface area contributed by atoms with Crippen LogP contribution in [0.25, 0.3) is 5.69 Å². The number of hydrogen-bond donors (Lipinski definition) is 0. The molecule has 1 aromatic heterocycles. The highest BCUT2D eigenvalue weighted by Crippen LogP contribution is 2.36. The smallest absolute Gasteiger partial charge is 0.157 e. The highest BCUT2D eigenvalue weighted by molar-refractivity contribution is 7.90. The van der Waals surface area contributed by atoms with Gasteiger partial charge >= 0.3 is 0 Å². The summed E-state index contributed by atoms with van der Waals surface area (Å²) in [5, 5.41) is 9.40. The van der Waals surface area contributed by atoms with Crippen molar-refractivity contribution in [1.29, 1.82) is 0 Å². The summed E-state index contributed by atoms with van der Waals surface area (Å²) >= 11 is 5.92. The van der Waals surface area contributed by atoms with Crippen LogP contribution in [-0.2, 0) is 22.0 Å². The monoisotopic (exact) mass is 459 g/mol. The van der Waals surface area contributed by atoms with Crippen LogP contribution in [0.5, 0.6) is 5.75 Å². The van der Waals surface area contributed by atoms with Gasteiger partial charge in [0.1, 0.15) is 17.3 Å². The lowest BCUT2D eigenvalue weighted by Crippen LogP contribution is -2.16. The van der Waals surface area contributed by atoms with Crippen LogP contribution >= 0.6 is 11.6 Å². The first-order chi connectivity index (χ1) is 15.0. The number of para-hydroxylation sites is 2. The lowest BCUT2D eigenvalue weighted by atomic mass is 10.1. The first-order valence-electron chi connectivity index (χ1n) is 10.5. The van der Waals surface area contributed by atoms with E-state index in [0.717, 1.165) is 42.8 Å². The van der Waals surface area contributed by atoms with E-state index in [2.05, 4.69) is 10.2 Å². The van der Waals surface area contributed by atoms with Crippen molar-refractivity contribution in [3.8, 4) is 11.4 Å². The molecule has 1 aliphatic carbocycles. The van der Waals surface area contributed by atoms with Crippen molar-refractivity contribution >= 4 is 21.4 Å². The van der Waals surface area contributed by atoms with Crippen molar-refractivity contribution in [1.82, 2.24) is 14.8 Å². The molecule has 0 unspecified atom stereocenters. The van der Waals surface area contributed by atoms with Gasteiger partial charge < -0.3 is 4.74 Å². The Labute approximate surface area is 188 Å². The zero-order chi connectivity index (χ0) is 21.8. The number of halogens is 1. The summed E-state index contributed by atoms with van der Waals surface area (Å²) in [6, 6.07) is 14.8. The summed E-state index contributed by atoms with van der Waals surface area (Å²) in [5.41, 5.74) is 1.71. The minimum Gasteiger partial charge on any atom is -0.495 e. The largest absolute Gasteiger partial charge is 0.495 e. The molecule has 0 bridgehead atoms. The molecule has 0 spiro atoms. The molecule has 0 aliphatic heterocycles. The quantitative estimate of drug-likeness (QED) is 0.486. The first kappa shape index (κ1) is 21.8. The van der Waals surface area contributed by atoms with Gasteiger partial charge in [-0.2, -0.15) is 0 Å². The Morgan fingerprint density at radius 2 is 1.77 bits per heavy atom. The molecule has 1 heterocycles. The Morgan fingerprint density at radius 3 is 2.48 bits per heavy atom. The number of sulfone groups is 1. The van der Waals surface area contributed by atoms with Gasteiger partial charge in [0.15, 0.2) is 15.7 Å². The zero-order valence-electron chi connectivity index (χ0n) is 17.5. The normalized spacial score (nSPS) is 14.8. The fourth-order valence-corrected chi connectivity index (χ4v) is 5.54. The number of ether oxygens (including phenoxy) is 1. The van der Waals surface area contributed by atoms with E-state index in [1.165, 1.54) is 0 Å². The lowest BCUT2D eigenvalue weighted by molar-refractivity contribution is 0.412. The van der Waals surface area contributed by atoms with E-state index >= 15 is 0 Å². The molecule has 1 aliphatic rings. The minimum absolute atomic E-state index is 0.0339. The average molecular weight is 460 g/mol. The van der Waals surface area contributed by atoms with Gasteiger partial charge in [-0.25, -0.2) is 8.42 Å². The van der Waals surface area contributed by atoms with Gasteiger partial charge in [-0.15, -0.1) is 10.2 Å². The maximum Gasteiger partial charge on any atom is 0.157 e. The molecular weight excluding hydrogens is 434 g/mol. The zero-order valence-corrected chi connectivity index (χ0v) is 19.1. The molecule has 0 N–H and O–H groups in total. The number of aromatic nitrogens is 3. The third-order valence-corrected chi connectivity index (χ3v) is 7.54. The maximum atomic E-state index is 13.0. The number of benzene rings is 2. The third kappa shape index (κ3) is 5.10. The van der Waals surface area contributed by atoms with E-state index in [0.29, 0.717) is 23.0 Å². The Kier molecular flexibility index (Phi) is 6.62. The van der Waals surface area contributed by atoms with E-state index in [-0.39, 0.29) is 17.4 Å². The minimum atomic E-state index is -3.40. The summed E-state index contributed by atoms with van der Waals surface area (Å²) in [6.07, 6.45) is 4.81. The summed E-state index contributed by atoms with van der Waals surface area (Å²) < 4.78 is 33.4. The van der Waals surface area contributed by atoms with E-state index in [4.69, 9.17) is 16.3 Å². The molecule has 31 heavy (non-hydrogen) atoms. The van der Waals surface area contributed by atoms with Crippen LogP contribution in [0, 0.1) is 0 Å². The van der Waals surface area contributed by atoms with Gasteiger partial charge in [-0.3, -0.25) is 4.57 Å². The highest BCUT2D eigenvalue weighted by Gasteiger charge is 2.28. The van der Waals surface area contributed by atoms with Crippen LogP contribution < -0.4 is 4.74 Å². The van der Waals surface area contributed by atoms with E-state index in [1.54, 1.807) is 19.2 Å². The molecule has 0 amide bonds. The van der Waals surface area contributed by atoms with E-state index in [9.17, 15) is 8.42 Å². The van der Waals surface area contributed by atoms with Crippen LogP contribution in [0.3, 0.4) is 0 Å². The van der Waals surface area contributed by atoms with Gasteiger partial charge in [0.25, 0.3) is 0 Å². The maximum absolute atomic E-state index is 13.0. The Bertz CT molecular complexity index is 1140. The second-order valence-electron chi connectivity index (χ2n) is 7.93. The van der Waals surface area contributed by atoms with Crippen LogP contribution in [0.2, 0.25) is 5.02 Å². The Hall–Kier alpha value is -2.38. The molecule has 1 fully saturated rings. The average Bonchev–Trinajstić information content (AvgIpc) is 3.43. The predicted octanol–water partition coefficient (Wildman–Crippen LogP) is 4.74. The summed E-state index contributed by atoms with van der Waals surface area (Å²) in [6.45, 7) is 0. The van der Waals surface area contributed by atoms with Crippen molar-refractivity contribution in [2.24, 2.45) is 0 Å². The molecule has 4 rings (SSSR count). The van der Waals surface area contributed by atoms with Crippen LogP contribution in [0.1, 0.15) is 48.8 Å². The van der Waals surface area contributed by atoms with Crippen molar-refractivity contribution in [3.63, 3.8) is 0 Å². The van der Waals surface area contributed by atoms with Gasteiger partial charge in [0.2, 0.25) is 0 Å².